The molecule has 1 saturated heterocycles. The number of hydrogen-bond acceptors (Lipinski definition) is 2. The molecule has 2 rings (SSSR count). The summed E-state index contributed by atoms with van der Waals surface area (Å²) in [5.74, 6) is -0.846. The maximum Gasteiger partial charge on any atom is 0.336 e. The highest BCUT2D eigenvalue weighted by atomic mass is 79.9. The lowest BCUT2D eigenvalue weighted by atomic mass is 10.1. The van der Waals surface area contributed by atoms with E-state index in [0.717, 1.165) is 29.7 Å². The summed E-state index contributed by atoms with van der Waals surface area (Å²) in [6, 6.07) is 5.52. The smallest absolute Gasteiger partial charge is 0.336 e. The fourth-order valence-corrected chi connectivity index (χ4v) is 2.78. The molecular formula is C14H18BrNO2. The molecule has 0 spiro atoms. The molecule has 1 N–H and O–H groups in total. The van der Waals surface area contributed by atoms with Crippen LogP contribution in [0.2, 0.25) is 0 Å². The fourth-order valence-electron chi connectivity index (χ4n) is 2.42. The second-order valence-electron chi connectivity index (χ2n) is 4.80. The van der Waals surface area contributed by atoms with Crippen LogP contribution in [-0.2, 0) is 6.54 Å². The molecule has 1 aromatic rings. The summed E-state index contributed by atoms with van der Waals surface area (Å²) in [5, 5.41) is 9.24. The molecule has 4 heteroatoms. The van der Waals surface area contributed by atoms with Crippen LogP contribution in [0.1, 0.15) is 41.6 Å². The highest BCUT2D eigenvalue weighted by molar-refractivity contribution is 9.10. The third-order valence-corrected chi connectivity index (χ3v) is 3.89. The van der Waals surface area contributed by atoms with Crippen molar-refractivity contribution in [3.05, 3.63) is 33.8 Å². The third kappa shape index (κ3) is 3.56. The van der Waals surface area contributed by atoms with Crippen molar-refractivity contribution in [2.24, 2.45) is 0 Å². The average molecular weight is 312 g/mol. The van der Waals surface area contributed by atoms with E-state index in [9.17, 15) is 9.90 Å². The topological polar surface area (TPSA) is 40.5 Å². The minimum Gasteiger partial charge on any atom is -0.478 e. The zero-order chi connectivity index (χ0) is 13.0. The molecule has 0 saturated carbocycles. The van der Waals surface area contributed by atoms with Gasteiger partial charge in [0.05, 0.1) is 5.56 Å². The fraction of sp³-hybridized carbons (Fsp3) is 0.500. The summed E-state index contributed by atoms with van der Waals surface area (Å²) in [4.78, 5) is 13.6. The number of carboxylic acid groups (broad SMARTS) is 1. The van der Waals surface area contributed by atoms with E-state index in [1.165, 1.54) is 25.7 Å². The number of aromatic carboxylic acids is 1. The monoisotopic (exact) mass is 311 g/mol. The minimum absolute atomic E-state index is 0.411. The summed E-state index contributed by atoms with van der Waals surface area (Å²) in [5.41, 5.74) is 1.32. The summed E-state index contributed by atoms with van der Waals surface area (Å²) >= 11 is 3.33. The minimum atomic E-state index is -0.846. The lowest BCUT2D eigenvalue weighted by Gasteiger charge is -2.20. The zero-order valence-electron chi connectivity index (χ0n) is 10.4. The van der Waals surface area contributed by atoms with Crippen molar-refractivity contribution >= 4 is 21.9 Å². The van der Waals surface area contributed by atoms with Gasteiger partial charge in [-0.3, -0.25) is 4.90 Å². The van der Waals surface area contributed by atoms with Crippen LogP contribution in [0.5, 0.6) is 0 Å². The van der Waals surface area contributed by atoms with Gasteiger partial charge in [-0.25, -0.2) is 4.79 Å². The van der Waals surface area contributed by atoms with Crippen LogP contribution in [0.25, 0.3) is 0 Å². The Morgan fingerprint density at radius 1 is 1.22 bits per heavy atom. The molecule has 0 aliphatic carbocycles. The molecule has 18 heavy (non-hydrogen) atoms. The average Bonchev–Trinajstić information content (AvgIpc) is 2.60. The molecule has 0 aromatic heterocycles. The van der Waals surface area contributed by atoms with E-state index < -0.39 is 5.97 Å². The molecule has 1 aliphatic heterocycles. The van der Waals surface area contributed by atoms with Gasteiger partial charge in [-0.15, -0.1) is 0 Å². The van der Waals surface area contributed by atoms with Crippen LogP contribution in [0.3, 0.4) is 0 Å². The molecule has 3 nitrogen and oxygen atoms in total. The van der Waals surface area contributed by atoms with Gasteiger partial charge in [-0.05, 0) is 43.6 Å². The third-order valence-electron chi connectivity index (χ3n) is 3.39. The van der Waals surface area contributed by atoms with E-state index in [1.807, 2.05) is 12.1 Å². The van der Waals surface area contributed by atoms with E-state index in [-0.39, 0.29) is 0 Å². The van der Waals surface area contributed by atoms with E-state index in [1.54, 1.807) is 6.07 Å². The number of hydrogen-bond donors (Lipinski definition) is 1. The number of carboxylic acids is 1. The van der Waals surface area contributed by atoms with E-state index in [4.69, 9.17) is 0 Å². The van der Waals surface area contributed by atoms with Gasteiger partial charge < -0.3 is 5.11 Å². The highest BCUT2D eigenvalue weighted by Gasteiger charge is 2.15. The van der Waals surface area contributed by atoms with Gasteiger partial charge in [-0.1, -0.05) is 34.8 Å². The standard InChI is InChI=1S/C14H18BrNO2/c15-12-6-5-11(13(9-12)14(17)18)10-16-7-3-1-2-4-8-16/h5-6,9H,1-4,7-8,10H2,(H,17,18). The van der Waals surface area contributed by atoms with Crippen molar-refractivity contribution < 1.29 is 9.90 Å². The molecule has 1 aliphatic rings. The Labute approximate surface area is 116 Å². The Balaban J connectivity index is 2.14. The Morgan fingerprint density at radius 3 is 2.50 bits per heavy atom. The molecule has 98 valence electrons. The molecule has 0 atom stereocenters. The van der Waals surface area contributed by atoms with Gasteiger partial charge in [-0.2, -0.15) is 0 Å². The van der Waals surface area contributed by atoms with Crippen molar-refractivity contribution in [3.8, 4) is 0 Å². The largest absolute Gasteiger partial charge is 0.478 e. The number of carbonyl (C=O) groups is 1. The maximum absolute atomic E-state index is 11.2. The second kappa shape index (κ2) is 6.34. The van der Waals surface area contributed by atoms with Crippen molar-refractivity contribution in [2.75, 3.05) is 13.1 Å². The number of halogens is 1. The van der Waals surface area contributed by atoms with Gasteiger partial charge in [0.25, 0.3) is 0 Å². The molecule has 0 amide bonds. The van der Waals surface area contributed by atoms with Crippen molar-refractivity contribution in [2.45, 2.75) is 32.2 Å². The first-order valence-corrected chi connectivity index (χ1v) is 7.20. The van der Waals surface area contributed by atoms with Gasteiger partial charge >= 0.3 is 5.97 Å². The van der Waals surface area contributed by atoms with Crippen LogP contribution < -0.4 is 0 Å². The number of likely N-dealkylation sites (tertiary alicyclic amines) is 1. The molecule has 0 unspecified atom stereocenters. The summed E-state index contributed by atoms with van der Waals surface area (Å²) < 4.78 is 0.819. The number of nitrogens with zero attached hydrogens (tertiary/aromatic N) is 1. The molecule has 0 radical (unpaired) electrons. The van der Waals surface area contributed by atoms with Crippen LogP contribution in [0.15, 0.2) is 22.7 Å². The quantitative estimate of drug-likeness (QED) is 0.928. The second-order valence-corrected chi connectivity index (χ2v) is 5.71. The molecule has 0 bridgehead atoms. The first-order valence-electron chi connectivity index (χ1n) is 6.41. The normalized spacial score (nSPS) is 17.4. The summed E-state index contributed by atoms with van der Waals surface area (Å²) in [6.45, 7) is 2.90. The number of benzene rings is 1. The Kier molecular flexibility index (Phi) is 4.78. The molecule has 1 fully saturated rings. The first-order chi connectivity index (χ1) is 8.66. The Hall–Kier alpha value is -0.870. The van der Waals surface area contributed by atoms with Gasteiger partial charge in [0.1, 0.15) is 0 Å². The van der Waals surface area contributed by atoms with Crippen LogP contribution >= 0.6 is 15.9 Å². The van der Waals surface area contributed by atoms with Gasteiger partial charge in [0.2, 0.25) is 0 Å². The van der Waals surface area contributed by atoms with Gasteiger partial charge in [0, 0.05) is 11.0 Å². The van der Waals surface area contributed by atoms with E-state index in [2.05, 4.69) is 20.8 Å². The van der Waals surface area contributed by atoms with Gasteiger partial charge in [0.15, 0.2) is 0 Å². The van der Waals surface area contributed by atoms with Crippen molar-refractivity contribution in [3.63, 3.8) is 0 Å². The zero-order valence-corrected chi connectivity index (χ0v) is 11.9. The Bertz CT molecular complexity index is 426. The molecule has 1 heterocycles. The van der Waals surface area contributed by atoms with Crippen molar-refractivity contribution in [1.29, 1.82) is 0 Å². The lowest BCUT2D eigenvalue weighted by molar-refractivity contribution is 0.0694. The predicted octanol–water partition coefficient (Wildman–Crippen LogP) is 3.52. The van der Waals surface area contributed by atoms with Crippen molar-refractivity contribution in [1.82, 2.24) is 4.90 Å². The Morgan fingerprint density at radius 2 is 1.89 bits per heavy atom. The summed E-state index contributed by atoms with van der Waals surface area (Å²) in [6.07, 6.45) is 5.03. The molecular weight excluding hydrogens is 294 g/mol. The van der Waals surface area contributed by atoms with Crippen LogP contribution in [0.4, 0.5) is 0 Å². The van der Waals surface area contributed by atoms with Crippen LogP contribution in [0, 0.1) is 0 Å². The van der Waals surface area contributed by atoms with Crippen LogP contribution in [-0.4, -0.2) is 29.1 Å². The number of rotatable bonds is 3. The SMILES string of the molecule is O=C(O)c1cc(Br)ccc1CN1CCCCCC1. The summed E-state index contributed by atoms with van der Waals surface area (Å²) in [7, 11) is 0. The van der Waals surface area contributed by atoms with E-state index in [0.29, 0.717) is 5.56 Å². The molecule has 1 aromatic carbocycles. The van der Waals surface area contributed by atoms with E-state index >= 15 is 0 Å². The lowest BCUT2D eigenvalue weighted by Crippen LogP contribution is -2.25. The predicted molar refractivity (Wildman–Crippen MR) is 74.8 cm³/mol. The first kappa shape index (κ1) is 13.6. The highest BCUT2D eigenvalue weighted by Crippen LogP contribution is 2.20. The maximum atomic E-state index is 11.2.